The van der Waals surface area contributed by atoms with Crippen LogP contribution in [0.2, 0.25) is 0 Å². The molecule has 3 heteroatoms. The van der Waals surface area contributed by atoms with E-state index >= 15 is 0 Å². The normalized spacial score (nSPS) is 16.0. The largest absolute Gasteiger partial charge is 0.492 e. The molecule has 0 aromatic carbocycles. The molecule has 0 atom stereocenters. The Bertz CT molecular complexity index is 223. The molecule has 13 heavy (non-hydrogen) atoms. The van der Waals surface area contributed by atoms with Crippen LogP contribution in [0.5, 0.6) is 0 Å². The molecule has 0 N–H and O–H groups in total. The van der Waals surface area contributed by atoms with Gasteiger partial charge in [-0.15, -0.1) is 0 Å². The Morgan fingerprint density at radius 2 is 2.46 bits per heavy atom. The van der Waals surface area contributed by atoms with Crippen molar-refractivity contribution in [2.24, 2.45) is 0 Å². The van der Waals surface area contributed by atoms with E-state index in [9.17, 15) is 4.79 Å². The fraction of sp³-hybridized carbons (Fsp3) is 0.500. The lowest BCUT2D eigenvalue weighted by atomic mass is 10.4. The lowest BCUT2D eigenvalue weighted by Crippen LogP contribution is -2.28. The number of carbonyl (C=O) groups excluding carboxylic acids is 1. The van der Waals surface area contributed by atoms with Crippen LogP contribution in [0.4, 0.5) is 0 Å². The van der Waals surface area contributed by atoms with Crippen LogP contribution in [-0.2, 0) is 9.53 Å². The first-order valence-electron chi connectivity index (χ1n) is 4.46. The Kier molecular flexibility index (Phi) is 3.55. The van der Waals surface area contributed by atoms with Gasteiger partial charge < -0.3 is 9.64 Å². The van der Waals surface area contributed by atoms with E-state index in [1.165, 1.54) is 0 Å². The van der Waals surface area contributed by atoms with Gasteiger partial charge >= 0.3 is 0 Å². The molecule has 72 valence electrons. The van der Waals surface area contributed by atoms with Crippen LogP contribution in [-0.4, -0.2) is 30.5 Å². The molecule has 0 aliphatic carbocycles. The molecule has 0 spiro atoms. The first-order valence-corrected chi connectivity index (χ1v) is 4.46. The van der Waals surface area contributed by atoms with E-state index < -0.39 is 0 Å². The topological polar surface area (TPSA) is 29.5 Å². The number of amides is 1. The van der Waals surface area contributed by atoms with Crippen LogP contribution in [0, 0.1) is 0 Å². The third kappa shape index (κ3) is 2.93. The fourth-order valence-electron chi connectivity index (χ4n) is 1.29. The van der Waals surface area contributed by atoms with Gasteiger partial charge in [-0.1, -0.05) is 13.2 Å². The molecule has 0 unspecified atom stereocenters. The Morgan fingerprint density at radius 1 is 1.69 bits per heavy atom. The molecule has 1 rings (SSSR count). The summed E-state index contributed by atoms with van der Waals surface area (Å²) in [5, 5.41) is 0. The van der Waals surface area contributed by atoms with E-state index in [-0.39, 0.29) is 5.91 Å². The highest BCUT2D eigenvalue weighted by atomic mass is 16.5. The second-order valence-electron chi connectivity index (χ2n) is 3.00. The highest BCUT2D eigenvalue weighted by Crippen LogP contribution is 2.08. The van der Waals surface area contributed by atoms with Crippen molar-refractivity contribution in [3.05, 3.63) is 25.0 Å². The van der Waals surface area contributed by atoms with Gasteiger partial charge in [0.25, 0.3) is 0 Å². The number of likely N-dealkylation sites (tertiary alicyclic amines) is 1. The van der Waals surface area contributed by atoms with Gasteiger partial charge in [0.1, 0.15) is 12.4 Å². The maximum atomic E-state index is 11.1. The number of ether oxygens (including phenoxy) is 1. The zero-order valence-corrected chi connectivity index (χ0v) is 7.79. The number of carbonyl (C=O) groups is 1. The number of hydrogen-bond donors (Lipinski definition) is 0. The smallest absolute Gasteiger partial charge is 0.222 e. The van der Waals surface area contributed by atoms with E-state index in [4.69, 9.17) is 4.74 Å². The first-order chi connectivity index (χ1) is 6.24. The van der Waals surface area contributed by atoms with E-state index in [1.807, 2.05) is 4.90 Å². The van der Waals surface area contributed by atoms with E-state index in [0.29, 0.717) is 25.3 Å². The molecule has 0 radical (unpaired) electrons. The molecule has 1 amide bonds. The molecule has 3 nitrogen and oxygen atoms in total. The van der Waals surface area contributed by atoms with E-state index in [2.05, 4.69) is 13.2 Å². The zero-order valence-electron chi connectivity index (χ0n) is 7.79. The van der Waals surface area contributed by atoms with E-state index in [1.54, 1.807) is 6.08 Å². The standard InChI is InChI=1S/C10H15NO2/c1-3-9(2)13-8-7-11-6-4-5-10(11)12/h3H,1-2,4-8H2. The average molecular weight is 181 g/mol. The second-order valence-corrected chi connectivity index (χ2v) is 3.00. The van der Waals surface area contributed by atoms with Crippen LogP contribution in [0.1, 0.15) is 12.8 Å². The quantitative estimate of drug-likeness (QED) is 0.473. The van der Waals surface area contributed by atoms with Gasteiger partial charge in [0.05, 0.1) is 6.54 Å². The van der Waals surface area contributed by atoms with Crippen LogP contribution in [0.3, 0.4) is 0 Å². The summed E-state index contributed by atoms with van der Waals surface area (Å²) in [7, 11) is 0. The van der Waals surface area contributed by atoms with E-state index in [0.717, 1.165) is 13.0 Å². The van der Waals surface area contributed by atoms with Crippen molar-refractivity contribution < 1.29 is 9.53 Å². The van der Waals surface area contributed by atoms with Crippen LogP contribution in [0.15, 0.2) is 25.0 Å². The monoisotopic (exact) mass is 181 g/mol. The minimum absolute atomic E-state index is 0.229. The average Bonchev–Trinajstić information content (AvgIpc) is 2.52. The first kappa shape index (κ1) is 9.84. The van der Waals surface area contributed by atoms with Crippen LogP contribution >= 0.6 is 0 Å². The van der Waals surface area contributed by atoms with Crippen molar-refractivity contribution in [1.82, 2.24) is 4.90 Å². The molecule has 0 saturated carbocycles. The maximum absolute atomic E-state index is 11.1. The lowest BCUT2D eigenvalue weighted by Gasteiger charge is -2.15. The Hall–Kier alpha value is -1.25. The van der Waals surface area contributed by atoms with Gasteiger partial charge in [0.15, 0.2) is 0 Å². The molecule has 1 aliphatic heterocycles. The van der Waals surface area contributed by atoms with Gasteiger partial charge in [0, 0.05) is 13.0 Å². The van der Waals surface area contributed by atoms with Crippen LogP contribution in [0.25, 0.3) is 0 Å². The predicted molar refractivity (Wildman–Crippen MR) is 51.1 cm³/mol. The SMILES string of the molecule is C=CC(=C)OCCN1CCCC1=O. The summed E-state index contributed by atoms with van der Waals surface area (Å²) in [6.07, 6.45) is 3.22. The molecule has 1 saturated heterocycles. The third-order valence-corrected chi connectivity index (χ3v) is 2.05. The number of allylic oxidation sites excluding steroid dienone is 1. The molecule has 1 heterocycles. The van der Waals surface area contributed by atoms with Crippen molar-refractivity contribution in [3.8, 4) is 0 Å². The summed E-state index contributed by atoms with van der Waals surface area (Å²) in [5.74, 6) is 0.791. The minimum Gasteiger partial charge on any atom is -0.492 e. The van der Waals surface area contributed by atoms with Gasteiger partial charge in [0.2, 0.25) is 5.91 Å². The second kappa shape index (κ2) is 4.70. The predicted octanol–water partition coefficient (Wildman–Crippen LogP) is 1.33. The summed E-state index contributed by atoms with van der Waals surface area (Å²) in [6, 6.07) is 0. The Morgan fingerprint density at radius 3 is 3.00 bits per heavy atom. The maximum Gasteiger partial charge on any atom is 0.222 e. The van der Waals surface area contributed by atoms with Gasteiger partial charge in [-0.3, -0.25) is 4.79 Å². The zero-order chi connectivity index (χ0) is 9.68. The van der Waals surface area contributed by atoms with Crippen LogP contribution < -0.4 is 0 Å². The Labute approximate surface area is 78.7 Å². The minimum atomic E-state index is 0.229. The van der Waals surface area contributed by atoms with Gasteiger partial charge in [-0.25, -0.2) is 0 Å². The molecular formula is C10H15NO2. The Balaban J connectivity index is 2.15. The number of nitrogens with zero attached hydrogens (tertiary/aromatic N) is 1. The summed E-state index contributed by atoms with van der Waals surface area (Å²) in [4.78, 5) is 13.0. The highest BCUT2D eigenvalue weighted by Gasteiger charge is 2.19. The van der Waals surface area contributed by atoms with Crippen molar-refractivity contribution in [2.75, 3.05) is 19.7 Å². The summed E-state index contributed by atoms with van der Waals surface area (Å²) < 4.78 is 5.20. The van der Waals surface area contributed by atoms with Crippen molar-refractivity contribution in [1.29, 1.82) is 0 Å². The van der Waals surface area contributed by atoms with Gasteiger partial charge in [-0.2, -0.15) is 0 Å². The lowest BCUT2D eigenvalue weighted by molar-refractivity contribution is -0.128. The summed E-state index contributed by atoms with van der Waals surface area (Å²) >= 11 is 0. The molecule has 1 fully saturated rings. The molecule has 0 aromatic rings. The van der Waals surface area contributed by atoms with Crippen molar-refractivity contribution in [2.45, 2.75) is 12.8 Å². The van der Waals surface area contributed by atoms with Crippen molar-refractivity contribution in [3.63, 3.8) is 0 Å². The summed E-state index contributed by atoms with van der Waals surface area (Å²) in [6.45, 7) is 9.17. The fourth-order valence-corrected chi connectivity index (χ4v) is 1.29. The molecule has 0 bridgehead atoms. The third-order valence-electron chi connectivity index (χ3n) is 2.05. The molecular weight excluding hydrogens is 166 g/mol. The van der Waals surface area contributed by atoms with Gasteiger partial charge in [-0.05, 0) is 12.5 Å². The molecule has 1 aliphatic rings. The number of rotatable bonds is 5. The highest BCUT2D eigenvalue weighted by molar-refractivity contribution is 5.77. The summed E-state index contributed by atoms with van der Waals surface area (Å²) in [5.41, 5.74) is 0. The van der Waals surface area contributed by atoms with Crippen molar-refractivity contribution >= 4 is 5.91 Å². The molecule has 0 aromatic heterocycles. The number of hydrogen-bond acceptors (Lipinski definition) is 2.